The third kappa shape index (κ3) is 3.72. The molecule has 0 aliphatic heterocycles. The minimum absolute atomic E-state index is 0.00624. The minimum Gasteiger partial charge on any atom is -0.493 e. The Bertz CT molecular complexity index is 1100. The highest BCUT2D eigenvalue weighted by molar-refractivity contribution is 5.83. The van der Waals surface area contributed by atoms with Crippen molar-refractivity contribution >= 4 is 5.91 Å². The van der Waals surface area contributed by atoms with Gasteiger partial charge in [0.25, 0.3) is 0 Å². The van der Waals surface area contributed by atoms with Crippen LogP contribution in [0.25, 0.3) is 11.1 Å². The molecule has 0 fully saturated rings. The van der Waals surface area contributed by atoms with E-state index in [4.69, 9.17) is 21.7 Å². The van der Waals surface area contributed by atoms with Crippen molar-refractivity contribution in [2.45, 2.75) is 25.8 Å². The van der Waals surface area contributed by atoms with Crippen molar-refractivity contribution in [3.63, 3.8) is 0 Å². The summed E-state index contributed by atoms with van der Waals surface area (Å²) in [5.41, 5.74) is 1.38. The van der Waals surface area contributed by atoms with E-state index in [-0.39, 0.29) is 35.2 Å². The first-order valence-electron chi connectivity index (χ1n) is 10.1. The number of benzene rings is 1. The van der Waals surface area contributed by atoms with Gasteiger partial charge in [0.05, 0.1) is 37.2 Å². The van der Waals surface area contributed by atoms with Gasteiger partial charge in [0.15, 0.2) is 17.2 Å². The average Bonchev–Trinajstić information content (AvgIpc) is 2.97. The first-order chi connectivity index (χ1) is 14.8. The predicted molar refractivity (Wildman–Crippen MR) is 109 cm³/mol. The molecule has 1 N–H and O–H groups in total. The lowest BCUT2D eigenvalue weighted by atomic mass is 9.95. The first-order valence-corrected chi connectivity index (χ1v) is 9.11. The second kappa shape index (κ2) is 8.43. The minimum atomic E-state index is -0.613. The second-order valence-corrected chi connectivity index (χ2v) is 6.55. The molecule has 154 valence electrons. The van der Waals surface area contributed by atoms with E-state index in [9.17, 15) is 9.59 Å². The van der Waals surface area contributed by atoms with Gasteiger partial charge in [-0.2, -0.15) is 0 Å². The van der Waals surface area contributed by atoms with Crippen LogP contribution in [0.5, 0.6) is 23.0 Å². The summed E-state index contributed by atoms with van der Waals surface area (Å²) in [7, 11) is 5.73. The summed E-state index contributed by atoms with van der Waals surface area (Å²) < 4.78 is 39.1. The van der Waals surface area contributed by atoms with Gasteiger partial charge in [0, 0.05) is 12.5 Å². The van der Waals surface area contributed by atoms with Crippen molar-refractivity contribution in [3.05, 3.63) is 45.6 Å². The summed E-state index contributed by atoms with van der Waals surface area (Å²) in [6.45, 7) is 1.38. The number of methoxy groups -OCH3 is 4. The number of carbonyl (C=O) groups is 1. The van der Waals surface area contributed by atoms with Gasteiger partial charge in [0.1, 0.15) is 0 Å². The largest absolute Gasteiger partial charge is 0.493 e. The summed E-state index contributed by atoms with van der Waals surface area (Å²) in [5, 5.41) is 2.84. The highest BCUT2D eigenvalue weighted by Gasteiger charge is 2.29. The maximum atomic E-state index is 12.8. The van der Waals surface area contributed by atoms with E-state index in [0.29, 0.717) is 40.8 Å². The number of hydrogen-bond donors (Lipinski definition) is 1. The number of amides is 1. The van der Waals surface area contributed by atoms with Crippen molar-refractivity contribution < 1.29 is 26.5 Å². The number of nitrogens with one attached hydrogen (secondary N) is 1. The summed E-state index contributed by atoms with van der Waals surface area (Å²) in [6, 6.07) is 2.36. The fourth-order valence-corrected chi connectivity index (χ4v) is 3.66. The Morgan fingerprint density at radius 2 is 1.76 bits per heavy atom. The summed E-state index contributed by atoms with van der Waals surface area (Å²) in [5.74, 6) is 0.510. The van der Waals surface area contributed by atoms with Crippen LogP contribution in [0.15, 0.2) is 29.0 Å². The topological polar surface area (TPSA) is 83.1 Å². The Morgan fingerprint density at radius 3 is 2.34 bits per heavy atom. The Kier molecular flexibility index (Phi) is 5.19. The molecule has 1 aliphatic rings. The predicted octanol–water partition coefficient (Wildman–Crippen LogP) is 2.87. The third-order valence-corrected chi connectivity index (χ3v) is 4.88. The molecule has 3 rings (SSSR count). The normalized spacial score (nSPS) is 15.7. The van der Waals surface area contributed by atoms with Crippen LogP contribution in [0.3, 0.4) is 0 Å². The quantitative estimate of drug-likeness (QED) is 0.824. The van der Waals surface area contributed by atoms with Crippen LogP contribution in [0, 0.1) is 0 Å². The molecular formula is C22H25NO6. The Hall–Kier alpha value is -3.22. The molecule has 0 saturated heterocycles. The molecule has 2 aromatic rings. The van der Waals surface area contributed by atoms with Crippen molar-refractivity contribution in [2.24, 2.45) is 0 Å². The molecule has 29 heavy (non-hydrogen) atoms. The molecule has 0 bridgehead atoms. The van der Waals surface area contributed by atoms with Gasteiger partial charge in [0.2, 0.25) is 17.1 Å². The van der Waals surface area contributed by atoms with Crippen LogP contribution in [0.1, 0.15) is 33.3 Å². The number of carbonyl (C=O) groups excluding carboxylic acids is 1. The van der Waals surface area contributed by atoms with Crippen LogP contribution in [-0.4, -0.2) is 34.3 Å². The van der Waals surface area contributed by atoms with Crippen LogP contribution in [-0.2, 0) is 11.2 Å². The van der Waals surface area contributed by atoms with Crippen molar-refractivity contribution in [1.29, 1.82) is 0 Å². The molecule has 0 saturated carbocycles. The molecule has 2 aromatic carbocycles. The number of fused-ring (bicyclic) bond motifs is 3. The molecule has 0 aromatic heterocycles. The van der Waals surface area contributed by atoms with E-state index >= 15 is 0 Å². The van der Waals surface area contributed by atoms with E-state index in [1.807, 2.05) is 0 Å². The van der Waals surface area contributed by atoms with E-state index in [1.54, 1.807) is 6.07 Å². The lowest BCUT2D eigenvalue weighted by molar-refractivity contribution is -0.119. The molecule has 1 atom stereocenters. The van der Waals surface area contributed by atoms with Crippen molar-refractivity contribution in [3.8, 4) is 34.1 Å². The maximum absolute atomic E-state index is 12.8. The van der Waals surface area contributed by atoms with Gasteiger partial charge < -0.3 is 24.3 Å². The molecule has 0 heterocycles. The van der Waals surface area contributed by atoms with Gasteiger partial charge in [-0.3, -0.25) is 9.59 Å². The standard InChI is InChI=1S/C22H25NO6/c1-12(24)23-16-8-6-13-10-19(27-3)21(28-4)22(29-5)20(13)14-7-9-18(26-2)17(25)11-15(14)16/h7,9-11,16H,6,8H2,1-5H3,(H,23,24)/i8+2,10T,11T. The summed E-state index contributed by atoms with van der Waals surface area (Å²) in [6.07, 6.45) is 0.765. The van der Waals surface area contributed by atoms with Gasteiger partial charge in [-0.25, -0.2) is 0 Å². The molecule has 7 nitrogen and oxygen atoms in total. The van der Waals surface area contributed by atoms with E-state index < -0.39 is 11.5 Å². The van der Waals surface area contributed by atoms with Gasteiger partial charge >= 0.3 is 0 Å². The number of hydrogen-bond acceptors (Lipinski definition) is 6. The number of rotatable bonds is 5. The Balaban J connectivity index is 2.54. The molecular weight excluding hydrogens is 376 g/mol. The average molecular weight is 405 g/mol. The molecule has 1 unspecified atom stereocenters. The van der Waals surface area contributed by atoms with Crippen molar-refractivity contribution in [1.82, 2.24) is 5.32 Å². The van der Waals surface area contributed by atoms with Gasteiger partial charge in [-0.05, 0) is 47.7 Å². The fraction of sp³-hybridized carbons (Fsp3) is 0.364. The summed E-state index contributed by atoms with van der Waals surface area (Å²) >= 11 is 0. The molecule has 1 aliphatic carbocycles. The zero-order chi connectivity index (χ0) is 22.9. The molecule has 1 amide bonds. The van der Waals surface area contributed by atoms with Crippen LogP contribution in [0.2, 0.25) is 0 Å². The second-order valence-electron chi connectivity index (χ2n) is 6.55. The van der Waals surface area contributed by atoms with Gasteiger partial charge in [-0.15, -0.1) is 0 Å². The van der Waals surface area contributed by atoms with Crippen LogP contribution >= 0.6 is 0 Å². The zero-order valence-electron chi connectivity index (χ0n) is 19.1. The number of ether oxygens (including phenoxy) is 4. The van der Waals surface area contributed by atoms with E-state index in [0.717, 1.165) is 0 Å². The van der Waals surface area contributed by atoms with Crippen molar-refractivity contribution in [2.75, 3.05) is 28.4 Å². The monoisotopic (exact) mass is 405 g/mol. The summed E-state index contributed by atoms with van der Waals surface area (Å²) in [4.78, 5) is 24.8. The maximum Gasteiger partial charge on any atom is 0.220 e. The molecule has 0 radical (unpaired) electrons. The van der Waals surface area contributed by atoms with Crippen LogP contribution in [0.4, 0.5) is 0 Å². The molecule has 0 spiro atoms. The lowest BCUT2D eigenvalue weighted by Gasteiger charge is -2.19. The van der Waals surface area contributed by atoms with E-state index in [2.05, 4.69) is 5.32 Å². The van der Waals surface area contributed by atoms with E-state index in [1.165, 1.54) is 41.4 Å². The lowest BCUT2D eigenvalue weighted by Crippen LogP contribution is -2.26. The zero-order valence-corrected chi connectivity index (χ0v) is 17.1. The Labute approximate surface area is 172 Å². The smallest absolute Gasteiger partial charge is 0.220 e. The Morgan fingerprint density at radius 1 is 1.07 bits per heavy atom. The SMILES string of the molecule is [3H]c1c2c(c(OC)c(OC)c1OC)-c1ccc(OC)c(=O)c([3H])c1C(NC(C)=O)[14CH2]C2. The highest BCUT2D eigenvalue weighted by Crippen LogP contribution is 2.50. The fourth-order valence-electron chi connectivity index (χ4n) is 3.66. The van der Waals surface area contributed by atoms with Crippen LogP contribution < -0.4 is 29.7 Å². The first kappa shape index (κ1) is 17.8. The van der Waals surface area contributed by atoms with Gasteiger partial charge in [-0.1, -0.05) is 6.07 Å². The third-order valence-electron chi connectivity index (χ3n) is 4.88. The molecule has 7 heteroatoms. The highest BCUT2D eigenvalue weighted by atomic mass is 16.5.